The predicted molar refractivity (Wildman–Crippen MR) is 121 cm³/mol. The van der Waals surface area contributed by atoms with Gasteiger partial charge in [-0.15, -0.1) is 11.3 Å². The highest BCUT2D eigenvalue weighted by molar-refractivity contribution is 7.15. The Morgan fingerprint density at radius 1 is 1.03 bits per heavy atom. The summed E-state index contributed by atoms with van der Waals surface area (Å²) in [6.07, 6.45) is -1.26. The zero-order chi connectivity index (χ0) is 24.3. The van der Waals surface area contributed by atoms with E-state index in [2.05, 4.69) is 15.3 Å². The van der Waals surface area contributed by atoms with E-state index in [9.17, 15) is 22.4 Å². The van der Waals surface area contributed by atoms with E-state index in [4.69, 9.17) is 5.11 Å². The number of benzene rings is 2. The van der Waals surface area contributed by atoms with Crippen molar-refractivity contribution in [3.8, 4) is 10.4 Å². The molecule has 0 aliphatic rings. The van der Waals surface area contributed by atoms with E-state index in [-0.39, 0.29) is 6.42 Å². The zero-order valence-electron chi connectivity index (χ0n) is 17.6. The van der Waals surface area contributed by atoms with Crippen LogP contribution in [0.5, 0.6) is 0 Å². The first kappa shape index (κ1) is 23.6. The van der Waals surface area contributed by atoms with Crippen LogP contribution in [0.4, 0.5) is 22.4 Å². The monoisotopic (exact) mass is 489 g/mol. The molecule has 0 aliphatic heterocycles. The summed E-state index contributed by atoms with van der Waals surface area (Å²) in [6, 6.07) is 11.2. The summed E-state index contributed by atoms with van der Waals surface area (Å²) in [5, 5.41) is 13.9. The maximum atomic E-state index is 13.5. The maximum Gasteiger partial charge on any atom is 0.416 e. The van der Waals surface area contributed by atoms with E-state index < -0.39 is 29.8 Å². The molecule has 0 aliphatic carbocycles. The molecule has 34 heavy (non-hydrogen) atoms. The normalized spacial score (nSPS) is 12.6. The van der Waals surface area contributed by atoms with Gasteiger partial charge >= 0.3 is 12.3 Å². The quantitative estimate of drug-likeness (QED) is 0.235. The van der Waals surface area contributed by atoms with Crippen LogP contribution in [0.1, 0.15) is 22.6 Å². The molecule has 0 unspecified atom stereocenters. The lowest BCUT2D eigenvalue weighted by Crippen LogP contribution is -2.35. The van der Waals surface area contributed by atoms with Crippen LogP contribution in [-0.2, 0) is 19.0 Å². The summed E-state index contributed by atoms with van der Waals surface area (Å²) < 4.78 is 51.8. The highest BCUT2D eigenvalue weighted by Crippen LogP contribution is 2.31. The lowest BCUT2D eigenvalue weighted by Gasteiger charge is -2.17. The van der Waals surface area contributed by atoms with Crippen LogP contribution < -0.4 is 5.32 Å². The number of carbonyl (C=O) groups is 1. The maximum absolute atomic E-state index is 13.5. The van der Waals surface area contributed by atoms with Crippen LogP contribution in [0.2, 0.25) is 0 Å². The van der Waals surface area contributed by atoms with Crippen molar-refractivity contribution in [3.63, 3.8) is 0 Å². The van der Waals surface area contributed by atoms with Gasteiger partial charge in [0.2, 0.25) is 5.95 Å². The number of fused-ring (bicyclic) bond motifs is 1. The molecule has 4 aromatic rings. The topological polar surface area (TPSA) is 75.1 Å². The van der Waals surface area contributed by atoms with E-state index in [0.29, 0.717) is 18.4 Å². The van der Waals surface area contributed by atoms with E-state index in [1.165, 1.54) is 35.7 Å². The van der Waals surface area contributed by atoms with Crippen LogP contribution >= 0.6 is 11.3 Å². The Morgan fingerprint density at radius 3 is 2.50 bits per heavy atom. The Labute approximate surface area is 196 Å². The van der Waals surface area contributed by atoms with Gasteiger partial charge in [0.15, 0.2) is 0 Å². The van der Waals surface area contributed by atoms with E-state index in [1.54, 1.807) is 6.20 Å². The molecule has 2 aromatic heterocycles. The molecular weight excluding hydrogens is 470 g/mol. The minimum atomic E-state index is -4.42. The number of thiazole rings is 1. The van der Waals surface area contributed by atoms with Crippen LogP contribution in [0.15, 0.2) is 60.9 Å². The fourth-order valence-corrected chi connectivity index (χ4v) is 4.57. The molecule has 1 amide bonds. The number of nitrogens with one attached hydrogen (secondary N) is 1. The molecule has 5 nitrogen and oxygen atoms in total. The average Bonchev–Trinajstić information content (AvgIpc) is 3.25. The van der Waals surface area contributed by atoms with Gasteiger partial charge in [0, 0.05) is 36.3 Å². The van der Waals surface area contributed by atoms with Gasteiger partial charge in [-0.25, -0.2) is 14.8 Å². The van der Waals surface area contributed by atoms with Crippen molar-refractivity contribution in [2.75, 3.05) is 0 Å². The van der Waals surface area contributed by atoms with Gasteiger partial charge < -0.3 is 10.4 Å². The van der Waals surface area contributed by atoms with E-state index in [0.717, 1.165) is 38.4 Å². The lowest BCUT2D eigenvalue weighted by molar-refractivity contribution is -0.137. The number of pyridine rings is 1. The van der Waals surface area contributed by atoms with E-state index >= 15 is 0 Å². The van der Waals surface area contributed by atoms with Gasteiger partial charge in [0.05, 0.1) is 15.4 Å². The van der Waals surface area contributed by atoms with Crippen molar-refractivity contribution in [2.45, 2.75) is 31.5 Å². The van der Waals surface area contributed by atoms with Crippen LogP contribution in [0, 0.1) is 5.95 Å². The molecule has 0 fully saturated rings. The molecular formula is C24H19F4N3O2S. The fourth-order valence-electron chi connectivity index (χ4n) is 3.64. The number of carboxylic acid groups (broad SMARTS) is 1. The Kier molecular flexibility index (Phi) is 6.78. The van der Waals surface area contributed by atoms with Gasteiger partial charge in [-0.2, -0.15) is 17.6 Å². The van der Waals surface area contributed by atoms with Crippen molar-refractivity contribution < 1.29 is 27.5 Å². The second kappa shape index (κ2) is 9.76. The number of nitrogens with zero attached hydrogens (tertiary/aromatic N) is 2. The number of hydrogen-bond acceptors (Lipinski definition) is 4. The summed E-state index contributed by atoms with van der Waals surface area (Å²) in [6.45, 7) is 0. The predicted octanol–water partition coefficient (Wildman–Crippen LogP) is 6.33. The van der Waals surface area contributed by atoms with E-state index in [1.807, 2.05) is 18.2 Å². The van der Waals surface area contributed by atoms with Crippen molar-refractivity contribution in [2.24, 2.45) is 0 Å². The van der Waals surface area contributed by atoms with Crippen LogP contribution in [0.25, 0.3) is 21.2 Å². The SMILES string of the molecule is O=C(O)N[C@H](CCc1ncc(-c2ccc3cnc(F)cc3c2)s1)Cc1ccc(C(F)(F)F)cc1. The fraction of sp³-hybridized carbons (Fsp3) is 0.208. The summed E-state index contributed by atoms with van der Waals surface area (Å²) in [4.78, 5) is 20.2. The largest absolute Gasteiger partial charge is 0.465 e. The molecule has 2 N–H and O–H groups in total. The van der Waals surface area contributed by atoms with Crippen molar-refractivity contribution in [1.29, 1.82) is 0 Å². The molecule has 4 rings (SSSR count). The second-order valence-corrected chi connectivity index (χ2v) is 8.89. The molecule has 10 heteroatoms. The highest BCUT2D eigenvalue weighted by Gasteiger charge is 2.30. The highest BCUT2D eigenvalue weighted by atomic mass is 32.1. The number of halogens is 4. The minimum Gasteiger partial charge on any atom is -0.465 e. The van der Waals surface area contributed by atoms with Gasteiger partial charge in [0.25, 0.3) is 0 Å². The Balaban J connectivity index is 1.44. The number of aromatic nitrogens is 2. The molecule has 0 radical (unpaired) electrons. The molecule has 0 bridgehead atoms. The van der Waals surface area contributed by atoms with Crippen molar-refractivity contribution in [3.05, 3.63) is 83.0 Å². The number of alkyl halides is 3. The van der Waals surface area contributed by atoms with Crippen molar-refractivity contribution in [1.82, 2.24) is 15.3 Å². The molecule has 2 aromatic carbocycles. The van der Waals surface area contributed by atoms with Gasteiger partial charge in [-0.3, -0.25) is 0 Å². The molecule has 1 atom stereocenters. The smallest absolute Gasteiger partial charge is 0.416 e. The first-order valence-electron chi connectivity index (χ1n) is 10.3. The first-order chi connectivity index (χ1) is 16.2. The Hall–Kier alpha value is -3.53. The number of amides is 1. The van der Waals surface area contributed by atoms with Crippen molar-refractivity contribution >= 4 is 28.2 Å². The second-order valence-electron chi connectivity index (χ2n) is 7.77. The third-order valence-electron chi connectivity index (χ3n) is 5.32. The first-order valence-corrected chi connectivity index (χ1v) is 11.1. The van der Waals surface area contributed by atoms with Gasteiger partial charge in [-0.05, 0) is 47.6 Å². The molecule has 2 heterocycles. The van der Waals surface area contributed by atoms with Crippen LogP contribution in [0.3, 0.4) is 0 Å². The Morgan fingerprint density at radius 2 is 1.79 bits per heavy atom. The molecule has 0 saturated heterocycles. The molecule has 176 valence electrons. The standard InChI is InChI=1S/C24H19F4N3O2S/c25-21-11-17-10-15(3-4-16(17)12-29-21)20-13-30-22(34-20)8-7-19(31-23(32)33)9-14-1-5-18(6-2-14)24(26,27)28/h1-6,10-13,19,31H,7-9H2,(H,32,33)/t19-/m1/s1. The molecule has 0 spiro atoms. The number of rotatable bonds is 7. The lowest BCUT2D eigenvalue weighted by atomic mass is 10.0. The number of hydrogen-bond donors (Lipinski definition) is 2. The zero-order valence-corrected chi connectivity index (χ0v) is 18.5. The molecule has 0 saturated carbocycles. The Bertz CT molecular complexity index is 1310. The third-order valence-corrected chi connectivity index (χ3v) is 6.43. The average molecular weight is 489 g/mol. The summed E-state index contributed by atoms with van der Waals surface area (Å²) in [5.74, 6) is -0.556. The summed E-state index contributed by atoms with van der Waals surface area (Å²) >= 11 is 1.45. The summed E-state index contributed by atoms with van der Waals surface area (Å²) in [7, 11) is 0. The van der Waals surface area contributed by atoms with Gasteiger partial charge in [0.1, 0.15) is 0 Å². The summed E-state index contributed by atoms with van der Waals surface area (Å²) in [5.41, 5.74) is 0.735. The van der Waals surface area contributed by atoms with Crippen LogP contribution in [-0.4, -0.2) is 27.2 Å². The number of aryl methyl sites for hydroxylation is 1. The third kappa shape index (κ3) is 5.88. The van der Waals surface area contributed by atoms with Gasteiger partial charge in [-0.1, -0.05) is 24.3 Å². The minimum absolute atomic E-state index is 0.257.